The lowest BCUT2D eigenvalue weighted by molar-refractivity contribution is -0.146. The van der Waals surface area contributed by atoms with Crippen molar-refractivity contribution in [2.45, 2.75) is 18.9 Å². The van der Waals surface area contributed by atoms with Crippen LogP contribution in [0.3, 0.4) is 0 Å². The van der Waals surface area contributed by atoms with E-state index in [0.29, 0.717) is 23.3 Å². The van der Waals surface area contributed by atoms with Gasteiger partial charge in [0.2, 0.25) is 17.7 Å². The van der Waals surface area contributed by atoms with Gasteiger partial charge in [-0.2, -0.15) is 0 Å². The first-order chi connectivity index (χ1) is 16.1. The highest BCUT2D eigenvalue weighted by atomic mass is 16.5. The van der Waals surface area contributed by atoms with Crippen LogP contribution in [0.25, 0.3) is 0 Å². The number of likely N-dealkylation sites (tertiary alicyclic amines) is 1. The van der Waals surface area contributed by atoms with Crippen LogP contribution >= 0.6 is 0 Å². The van der Waals surface area contributed by atoms with Gasteiger partial charge in [0.25, 0.3) is 0 Å². The molecule has 6 nitrogen and oxygen atoms in total. The lowest BCUT2D eigenvalue weighted by Gasteiger charge is -2.37. The molecule has 3 fully saturated rings. The van der Waals surface area contributed by atoms with Gasteiger partial charge in [-0.05, 0) is 59.9 Å². The predicted molar refractivity (Wildman–Crippen MR) is 122 cm³/mol. The Morgan fingerprint density at radius 2 is 1.58 bits per heavy atom. The summed E-state index contributed by atoms with van der Waals surface area (Å²) in [5.41, 5.74) is 1.50. The molecule has 3 amide bonds. The van der Waals surface area contributed by atoms with Crippen molar-refractivity contribution < 1.29 is 19.1 Å². The molecule has 1 saturated heterocycles. The van der Waals surface area contributed by atoms with E-state index in [1.54, 1.807) is 31.4 Å². The molecular weight excluding hydrogens is 416 g/mol. The number of anilines is 1. The molecule has 0 spiro atoms. The number of carbonyl (C=O) groups is 3. The van der Waals surface area contributed by atoms with Gasteiger partial charge in [-0.3, -0.25) is 19.3 Å². The molecule has 2 aromatic rings. The molecule has 1 heterocycles. The van der Waals surface area contributed by atoms with E-state index in [0.717, 1.165) is 12.0 Å². The zero-order valence-electron chi connectivity index (χ0n) is 18.4. The summed E-state index contributed by atoms with van der Waals surface area (Å²) in [5.74, 6) is 0.658. The van der Waals surface area contributed by atoms with Crippen molar-refractivity contribution in [3.05, 3.63) is 72.3 Å². The molecule has 7 rings (SSSR count). The maximum atomic E-state index is 13.7. The summed E-state index contributed by atoms with van der Waals surface area (Å²) in [5, 5.41) is 2.91. The largest absolute Gasteiger partial charge is 0.497 e. The third-order valence-corrected chi connectivity index (χ3v) is 7.94. The van der Waals surface area contributed by atoms with Crippen molar-refractivity contribution in [1.29, 1.82) is 0 Å². The Bertz CT molecular complexity index is 1110. The maximum absolute atomic E-state index is 13.7. The monoisotopic (exact) mass is 442 g/mol. The number of imide groups is 1. The summed E-state index contributed by atoms with van der Waals surface area (Å²) in [6, 6.07) is 15.7. The first-order valence-electron chi connectivity index (χ1n) is 11.6. The first kappa shape index (κ1) is 20.2. The number of hydrogen-bond acceptors (Lipinski definition) is 4. The highest BCUT2D eigenvalue weighted by Crippen LogP contribution is 2.65. The SMILES string of the molecule is COc1ccc(NC(=O)[C@H](Cc2ccccc2)N2C(=O)[C@@H]3[C@@H]4C=C[C@H]([C@H]5C[C@H]45)[C@@H]3C2=O)cc1. The van der Waals surface area contributed by atoms with Gasteiger partial charge in [-0.25, -0.2) is 0 Å². The van der Waals surface area contributed by atoms with E-state index < -0.39 is 6.04 Å². The molecule has 33 heavy (non-hydrogen) atoms. The number of carbonyl (C=O) groups excluding carboxylic acids is 3. The van der Waals surface area contributed by atoms with Crippen LogP contribution in [0.5, 0.6) is 5.75 Å². The number of methoxy groups -OCH3 is 1. The normalized spacial score (nSPS) is 31.7. The van der Waals surface area contributed by atoms with Crippen molar-refractivity contribution in [3.63, 3.8) is 0 Å². The van der Waals surface area contributed by atoms with Crippen LogP contribution in [0, 0.1) is 35.5 Å². The summed E-state index contributed by atoms with van der Waals surface area (Å²) in [7, 11) is 1.58. The second kappa shape index (κ2) is 7.58. The van der Waals surface area contributed by atoms with Crippen LogP contribution in [0.2, 0.25) is 0 Å². The number of allylic oxidation sites excluding steroid dienone is 2. The van der Waals surface area contributed by atoms with Crippen molar-refractivity contribution in [1.82, 2.24) is 4.90 Å². The Labute approximate surface area is 192 Å². The topological polar surface area (TPSA) is 75.7 Å². The molecule has 168 valence electrons. The minimum atomic E-state index is -0.893. The van der Waals surface area contributed by atoms with Crippen LogP contribution in [0.15, 0.2) is 66.7 Å². The number of benzene rings is 2. The van der Waals surface area contributed by atoms with Gasteiger partial charge in [-0.15, -0.1) is 0 Å². The molecule has 0 aromatic heterocycles. The average Bonchev–Trinajstić information content (AvgIpc) is 3.62. The van der Waals surface area contributed by atoms with E-state index in [4.69, 9.17) is 4.74 Å². The van der Waals surface area contributed by atoms with Crippen molar-refractivity contribution >= 4 is 23.4 Å². The molecule has 2 bridgehead atoms. The molecule has 6 heteroatoms. The van der Waals surface area contributed by atoms with Gasteiger partial charge in [0.15, 0.2) is 0 Å². The predicted octanol–water partition coefficient (Wildman–Crippen LogP) is 3.30. The van der Waals surface area contributed by atoms with Gasteiger partial charge in [0, 0.05) is 12.1 Å². The number of hydrogen-bond donors (Lipinski definition) is 1. The van der Waals surface area contributed by atoms with Crippen molar-refractivity contribution in [2.24, 2.45) is 35.5 Å². The Hall–Kier alpha value is -3.41. The highest BCUT2D eigenvalue weighted by Gasteiger charge is 2.67. The van der Waals surface area contributed by atoms with E-state index in [9.17, 15) is 14.4 Å². The second-order valence-electron chi connectivity index (χ2n) is 9.62. The Kier molecular flexibility index (Phi) is 4.64. The molecule has 1 N–H and O–H groups in total. The maximum Gasteiger partial charge on any atom is 0.248 e. The minimum absolute atomic E-state index is 0.133. The smallest absolute Gasteiger partial charge is 0.248 e. The highest BCUT2D eigenvalue weighted by molar-refractivity contribution is 6.10. The van der Waals surface area contributed by atoms with Crippen LogP contribution in [0.1, 0.15) is 12.0 Å². The number of nitrogens with one attached hydrogen (secondary N) is 1. The first-order valence-corrected chi connectivity index (χ1v) is 11.6. The zero-order valence-corrected chi connectivity index (χ0v) is 18.4. The van der Waals surface area contributed by atoms with Crippen LogP contribution < -0.4 is 10.1 Å². The number of nitrogens with zero attached hydrogens (tertiary/aromatic N) is 1. The molecule has 5 aliphatic rings. The fraction of sp³-hybridized carbons (Fsp3) is 0.370. The Balaban J connectivity index is 1.31. The third-order valence-electron chi connectivity index (χ3n) is 7.94. The van der Waals surface area contributed by atoms with E-state index in [1.807, 2.05) is 30.3 Å². The fourth-order valence-corrected chi connectivity index (χ4v) is 6.33. The van der Waals surface area contributed by atoms with E-state index in [1.165, 1.54) is 4.90 Å². The van der Waals surface area contributed by atoms with E-state index >= 15 is 0 Å². The zero-order chi connectivity index (χ0) is 22.7. The minimum Gasteiger partial charge on any atom is -0.497 e. The second-order valence-corrected chi connectivity index (χ2v) is 9.62. The standard InChI is InChI=1S/C27H26N2O4/c1-33-17-9-7-16(8-10-17)28-25(30)22(13-15-5-3-2-4-6-15)29-26(31)23-18-11-12-19(21-14-20(18)21)24(23)27(29)32/h2-12,18-24H,13-14H2,1H3,(H,28,30)/t18-,19-,20-,21-,22+,23-,24+/m1/s1. The number of ether oxygens (including phenoxy) is 1. The molecule has 1 aliphatic heterocycles. The summed E-state index contributed by atoms with van der Waals surface area (Å²) in [6.07, 6.45) is 5.70. The number of amides is 3. The molecule has 2 saturated carbocycles. The molecule has 2 aromatic carbocycles. The van der Waals surface area contributed by atoms with E-state index in [-0.39, 0.29) is 47.8 Å². The molecular formula is C27H26N2O4. The molecule has 0 radical (unpaired) electrons. The summed E-state index contributed by atoms with van der Waals surface area (Å²) < 4.78 is 5.19. The average molecular weight is 443 g/mol. The lowest BCUT2D eigenvalue weighted by Crippen LogP contribution is -2.49. The summed E-state index contributed by atoms with van der Waals surface area (Å²) in [6.45, 7) is 0. The molecule has 4 aliphatic carbocycles. The number of rotatable bonds is 6. The van der Waals surface area contributed by atoms with Gasteiger partial charge in [-0.1, -0.05) is 42.5 Å². The van der Waals surface area contributed by atoms with Crippen molar-refractivity contribution in [2.75, 3.05) is 12.4 Å². The fourth-order valence-electron chi connectivity index (χ4n) is 6.33. The Morgan fingerprint density at radius 1 is 0.970 bits per heavy atom. The Morgan fingerprint density at radius 3 is 2.15 bits per heavy atom. The van der Waals surface area contributed by atoms with Crippen LogP contribution in [-0.2, 0) is 20.8 Å². The van der Waals surface area contributed by atoms with Crippen LogP contribution in [-0.4, -0.2) is 35.8 Å². The van der Waals surface area contributed by atoms with Gasteiger partial charge in [0.1, 0.15) is 11.8 Å². The molecule has 7 atom stereocenters. The summed E-state index contributed by atoms with van der Waals surface area (Å²) in [4.78, 5) is 42.1. The third kappa shape index (κ3) is 3.19. The summed E-state index contributed by atoms with van der Waals surface area (Å²) >= 11 is 0. The van der Waals surface area contributed by atoms with Crippen molar-refractivity contribution in [3.8, 4) is 5.75 Å². The van der Waals surface area contributed by atoms with Crippen LogP contribution in [0.4, 0.5) is 5.69 Å². The van der Waals surface area contributed by atoms with Gasteiger partial charge < -0.3 is 10.1 Å². The van der Waals surface area contributed by atoms with E-state index in [2.05, 4.69) is 17.5 Å². The van der Waals surface area contributed by atoms with Gasteiger partial charge in [0.05, 0.1) is 18.9 Å². The van der Waals surface area contributed by atoms with Gasteiger partial charge >= 0.3 is 0 Å². The molecule has 0 unspecified atom stereocenters. The quantitative estimate of drug-likeness (QED) is 0.550. The lowest BCUT2D eigenvalue weighted by atomic mass is 9.63.